The Morgan fingerprint density at radius 3 is 2.25 bits per heavy atom. The highest BCUT2D eigenvalue weighted by molar-refractivity contribution is 7.99. The van der Waals surface area contributed by atoms with E-state index in [0.29, 0.717) is 32.2 Å². The molecule has 0 atom stereocenters. The Morgan fingerprint density at radius 2 is 1.61 bits per heavy atom. The Balaban J connectivity index is 1.45. The number of hydrazone groups is 1. The van der Waals surface area contributed by atoms with Gasteiger partial charge in [-0.1, -0.05) is 47.1 Å². The molecular weight excluding hydrogens is 521 g/mol. The third-order valence-electron chi connectivity index (χ3n) is 4.89. The average Bonchev–Trinajstić information content (AvgIpc) is 3.32. The number of hydrogen-bond acceptors (Lipinski definition) is 7. The Bertz CT molecular complexity index is 1390. The van der Waals surface area contributed by atoms with Gasteiger partial charge in [0, 0.05) is 21.3 Å². The minimum absolute atomic E-state index is 0.0605. The second-order valence-electron chi connectivity index (χ2n) is 7.32. The SMILES string of the molecule is COC(=O)c1ccc(/C=N/NC(=O)CSc2nnc(-c3ccc(Cl)cc3)n2-c2ccc(Cl)cc2)cc1. The van der Waals surface area contributed by atoms with Crippen molar-refractivity contribution in [2.75, 3.05) is 12.9 Å². The van der Waals surface area contributed by atoms with Crippen LogP contribution in [0.25, 0.3) is 17.1 Å². The summed E-state index contributed by atoms with van der Waals surface area (Å²) < 4.78 is 6.52. The molecular formula is C25H19Cl2N5O3S. The molecule has 1 amide bonds. The normalized spacial score (nSPS) is 11.0. The lowest BCUT2D eigenvalue weighted by atomic mass is 10.1. The molecule has 0 radical (unpaired) electrons. The molecule has 0 saturated heterocycles. The fourth-order valence-electron chi connectivity index (χ4n) is 3.14. The topological polar surface area (TPSA) is 98.5 Å². The lowest BCUT2D eigenvalue weighted by molar-refractivity contribution is -0.118. The summed E-state index contributed by atoms with van der Waals surface area (Å²) in [7, 11) is 1.32. The monoisotopic (exact) mass is 539 g/mol. The Kier molecular flexibility index (Phi) is 8.37. The summed E-state index contributed by atoms with van der Waals surface area (Å²) in [5, 5.41) is 14.4. The Hall–Kier alpha value is -3.66. The summed E-state index contributed by atoms with van der Waals surface area (Å²) >= 11 is 13.3. The first-order valence-corrected chi connectivity index (χ1v) is 12.3. The van der Waals surface area contributed by atoms with Crippen LogP contribution in [0.3, 0.4) is 0 Å². The van der Waals surface area contributed by atoms with Gasteiger partial charge in [0.15, 0.2) is 11.0 Å². The van der Waals surface area contributed by atoms with Gasteiger partial charge in [-0.15, -0.1) is 10.2 Å². The lowest BCUT2D eigenvalue weighted by Gasteiger charge is -2.10. The number of halogens is 2. The zero-order chi connectivity index (χ0) is 25.5. The largest absolute Gasteiger partial charge is 0.465 e. The maximum absolute atomic E-state index is 12.4. The van der Waals surface area contributed by atoms with Crippen LogP contribution in [-0.4, -0.2) is 45.7 Å². The van der Waals surface area contributed by atoms with Crippen molar-refractivity contribution in [2.45, 2.75) is 5.16 Å². The number of rotatable bonds is 8. The maximum atomic E-state index is 12.4. The summed E-state index contributed by atoms with van der Waals surface area (Å²) in [6.45, 7) is 0. The number of carbonyl (C=O) groups is 2. The van der Waals surface area contributed by atoms with E-state index in [1.165, 1.54) is 25.1 Å². The smallest absolute Gasteiger partial charge is 0.337 e. The van der Waals surface area contributed by atoms with Crippen LogP contribution in [0.15, 0.2) is 83.1 Å². The molecule has 0 spiro atoms. The molecule has 8 nitrogen and oxygen atoms in total. The molecule has 4 rings (SSSR count). The molecule has 4 aromatic rings. The van der Waals surface area contributed by atoms with E-state index in [-0.39, 0.29) is 11.7 Å². The fourth-order valence-corrected chi connectivity index (χ4v) is 4.13. The molecule has 0 aliphatic rings. The third-order valence-corrected chi connectivity index (χ3v) is 6.32. The van der Waals surface area contributed by atoms with Crippen molar-refractivity contribution in [1.82, 2.24) is 20.2 Å². The number of benzene rings is 3. The number of thioether (sulfide) groups is 1. The van der Waals surface area contributed by atoms with Gasteiger partial charge in [0.2, 0.25) is 0 Å². The van der Waals surface area contributed by atoms with E-state index in [0.717, 1.165) is 11.3 Å². The number of esters is 1. The summed E-state index contributed by atoms with van der Waals surface area (Å²) in [6.07, 6.45) is 1.48. The standard InChI is InChI=1S/C25H19Cl2N5O3S/c1-35-24(34)18-4-2-16(3-5-18)14-28-29-22(33)15-36-25-31-30-23(17-6-8-19(26)9-7-17)32(25)21-12-10-20(27)11-13-21/h2-14H,15H2,1H3,(H,29,33)/b28-14+. The van der Waals surface area contributed by atoms with Crippen LogP contribution in [0.1, 0.15) is 15.9 Å². The van der Waals surface area contributed by atoms with Gasteiger partial charge in [-0.3, -0.25) is 9.36 Å². The first-order valence-electron chi connectivity index (χ1n) is 10.5. The predicted molar refractivity (Wildman–Crippen MR) is 141 cm³/mol. The van der Waals surface area contributed by atoms with Crippen molar-refractivity contribution < 1.29 is 14.3 Å². The zero-order valence-electron chi connectivity index (χ0n) is 18.9. The molecule has 182 valence electrons. The van der Waals surface area contributed by atoms with Crippen LogP contribution in [0, 0.1) is 0 Å². The fraction of sp³-hybridized carbons (Fsp3) is 0.0800. The van der Waals surface area contributed by atoms with Crippen LogP contribution < -0.4 is 5.43 Å². The number of amides is 1. The van der Waals surface area contributed by atoms with Gasteiger partial charge in [-0.25, -0.2) is 10.2 Å². The molecule has 0 aliphatic carbocycles. The van der Waals surface area contributed by atoms with Crippen LogP contribution in [-0.2, 0) is 9.53 Å². The molecule has 3 aromatic carbocycles. The highest BCUT2D eigenvalue weighted by Gasteiger charge is 2.17. The molecule has 1 heterocycles. The summed E-state index contributed by atoms with van der Waals surface area (Å²) in [4.78, 5) is 23.9. The molecule has 1 aromatic heterocycles. The van der Waals surface area contributed by atoms with Crippen LogP contribution in [0.5, 0.6) is 0 Å². The highest BCUT2D eigenvalue weighted by Crippen LogP contribution is 2.29. The number of methoxy groups -OCH3 is 1. The lowest BCUT2D eigenvalue weighted by Crippen LogP contribution is -2.20. The van der Waals surface area contributed by atoms with Gasteiger partial charge in [0.05, 0.1) is 24.6 Å². The minimum Gasteiger partial charge on any atom is -0.465 e. The minimum atomic E-state index is -0.422. The molecule has 0 bridgehead atoms. The third kappa shape index (κ3) is 6.31. The maximum Gasteiger partial charge on any atom is 0.337 e. The van der Waals surface area contributed by atoms with Crippen molar-refractivity contribution in [1.29, 1.82) is 0 Å². The number of nitrogens with one attached hydrogen (secondary N) is 1. The van der Waals surface area contributed by atoms with Gasteiger partial charge < -0.3 is 4.74 Å². The first kappa shape index (κ1) is 25.4. The molecule has 1 N–H and O–H groups in total. The number of aromatic nitrogens is 3. The van der Waals surface area contributed by atoms with Crippen molar-refractivity contribution in [3.63, 3.8) is 0 Å². The van der Waals surface area contributed by atoms with Crippen molar-refractivity contribution in [3.8, 4) is 17.1 Å². The second-order valence-corrected chi connectivity index (χ2v) is 9.14. The zero-order valence-corrected chi connectivity index (χ0v) is 21.2. The number of carbonyl (C=O) groups excluding carboxylic acids is 2. The summed E-state index contributed by atoms with van der Waals surface area (Å²) in [5.41, 5.74) is 5.25. The Labute approximate surface area is 221 Å². The first-order chi connectivity index (χ1) is 17.4. The van der Waals surface area contributed by atoms with Gasteiger partial charge in [0.1, 0.15) is 0 Å². The molecule has 36 heavy (non-hydrogen) atoms. The van der Waals surface area contributed by atoms with E-state index in [9.17, 15) is 9.59 Å². The summed E-state index contributed by atoms with van der Waals surface area (Å²) in [6, 6.07) is 21.1. The van der Waals surface area contributed by atoms with Gasteiger partial charge in [0.25, 0.3) is 5.91 Å². The van der Waals surface area contributed by atoms with Crippen LogP contribution in [0.2, 0.25) is 10.0 Å². The van der Waals surface area contributed by atoms with E-state index in [4.69, 9.17) is 23.2 Å². The van der Waals surface area contributed by atoms with E-state index in [1.807, 2.05) is 28.8 Å². The molecule has 0 fully saturated rings. The highest BCUT2D eigenvalue weighted by atomic mass is 35.5. The van der Waals surface area contributed by atoms with Crippen molar-refractivity contribution >= 4 is 53.1 Å². The average molecular weight is 540 g/mol. The van der Waals surface area contributed by atoms with E-state index in [1.54, 1.807) is 48.5 Å². The predicted octanol–water partition coefficient (Wildman–Crippen LogP) is 5.27. The van der Waals surface area contributed by atoms with Crippen LogP contribution in [0.4, 0.5) is 0 Å². The van der Waals surface area contributed by atoms with Gasteiger partial charge in [-0.2, -0.15) is 5.10 Å². The second kappa shape index (κ2) is 11.9. The molecule has 0 saturated carbocycles. The summed E-state index contributed by atoms with van der Waals surface area (Å²) in [5.74, 6) is -0.0775. The van der Waals surface area contributed by atoms with Crippen molar-refractivity contribution in [2.24, 2.45) is 5.10 Å². The van der Waals surface area contributed by atoms with Crippen molar-refractivity contribution in [3.05, 3.63) is 94.0 Å². The molecule has 0 aliphatic heterocycles. The number of nitrogens with zero attached hydrogens (tertiary/aromatic N) is 4. The van der Waals surface area contributed by atoms with Gasteiger partial charge in [-0.05, 0) is 66.2 Å². The quantitative estimate of drug-likeness (QED) is 0.142. The molecule has 11 heteroatoms. The van der Waals surface area contributed by atoms with E-state index in [2.05, 4.69) is 25.5 Å². The van der Waals surface area contributed by atoms with Gasteiger partial charge >= 0.3 is 5.97 Å². The molecule has 0 unspecified atom stereocenters. The number of hydrogen-bond donors (Lipinski definition) is 1. The van der Waals surface area contributed by atoms with Crippen LogP contribution >= 0.6 is 35.0 Å². The number of ether oxygens (including phenoxy) is 1. The van der Waals surface area contributed by atoms with E-state index >= 15 is 0 Å². The Morgan fingerprint density at radius 1 is 0.972 bits per heavy atom. The van der Waals surface area contributed by atoms with E-state index < -0.39 is 5.97 Å².